The van der Waals surface area contributed by atoms with Crippen LogP contribution < -0.4 is 0 Å². The van der Waals surface area contributed by atoms with E-state index < -0.39 is 0 Å². The molecule has 0 aromatic heterocycles. The van der Waals surface area contributed by atoms with Gasteiger partial charge in [-0.15, -0.1) is 0 Å². The number of rotatable bonds is 4. The van der Waals surface area contributed by atoms with Gasteiger partial charge in [0.2, 0.25) is 0 Å². The second-order valence-electron chi connectivity index (χ2n) is 3.19. The molecule has 1 saturated heterocycles. The van der Waals surface area contributed by atoms with Crippen LogP contribution in [0.25, 0.3) is 0 Å². The summed E-state index contributed by atoms with van der Waals surface area (Å²) in [5, 5.41) is 0. The summed E-state index contributed by atoms with van der Waals surface area (Å²) in [5.74, 6) is -0.302. The molecule has 0 amide bonds. The summed E-state index contributed by atoms with van der Waals surface area (Å²) in [6.45, 7) is 1.84. The molecule has 14 heavy (non-hydrogen) atoms. The van der Waals surface area contributed by atoms with Crippen molar-refractivity contribution in [2.45, 2.75) is 12.5 Å². The maximum atomic E-state index is 12.0. The second kappa shape index (κ2) is 5.93. The molecule has 0 spiro atoms. The Morgan fingerprint density at radius 3 is 3.14 bits per heavy atom. The molecule has 0 aromatic rings. The van der Waals surface area contributed by atoms with E-state index in [1.807, 2.05) is 4.90 Å². The van der Waals surface area contributed by atoms with Crippen molar-refractivity contribution < 1.29 is 18.7 Å². The third-order valence-corrected chi connectivity index (χ3v) is 2.29. The lowest BCUT2D eigenvalue weighted by atomic mass is 10.2. The third-order valence-electron chi connectivity index (χ3n) is 2.29. The van der Waals surface area contributed by atoms with Gasteiger partial charge in [0.25, 0.3) is 0 Å². The van der Waals surface area contributed by atoms with Crippen LogP contribution in [0.1, 0.15) is 6.42 Å². The van der Waals surface area contributed by atoms with Crippen molar-refractivity contribution in [3.63, 3.8) is 0 Å². The minimum atomic E-state index is -0.361. The highest BCUT2D eigenvalue weighted by Gasteiger charge is 2.29. The predicted molar refractivity (Wildman–Crippen MR) is 48.8 cm³/mol. The number of alkyl halides is 1. The van der Waals surface area contributed by atoms with Gasteiger partial charge in [0.15, 0.2) is 0 Å². The van der Waals surface area contributed by atoms with E-state index >= 15 is 0 Å². The molecule has 0 aliphatic carbocycles. The van der Waals surface area contributed by atoms with Gasteiger partial charge >= 0.3 is 5.97 Å². The normalized spacial score (nSPS) is 23.4. The number of hydrogen-bond acceptors (Lipinski definition) is 4. The van der Waals surface area contributed by atoms with Crippen LogP contribution >= 0.6 is 0 Å². The summed E-state index contributed by atoms with van der Waals surface area (Å²) in [7, 11) is 1.35. The topological polar surface area (TPSA) is 38.8 Å². The lowest BCUT2D eigenvalue weighted by molar-refractivity contribution is -0.153. The Labute approximate surface area is 83.0 Å². The van der Waals surface area contributed by atoms with Crippen LogP contribution in [0, 0.1) is 0 Å². The summed E-state index contributed by atoms with van der Waals surface area (Å²) in [6.07, 6.45) is 0.452. The molecule has 1 aliphatic rings. The van der Waals surface area contributed by atoms with Crippen LogP contribution in [-0.2, 0) is 14.3 Å². The molecule has 0 aromatic carbocycles. The lowest BCUT2D eigenvalue weighted by Crippen LogP contribution is -2.50. The first-order valence-electron chi connectivity index (χ1n) is 4.75. The maximum Gasteiger partial charge on any atom is 0.325 e. The number of methoxy groups -OCH3 is 1. The summed E-state index contributed by atoms with van der Waals surface area (Å²) in [6, 6.07) is -0.361. The summed E-state index contributed by atoms with van der Waals surface area (Å²) < 4.78 is 21.8. The van der Waals surface area contributed by atoms with E-state index in [0.29, 0.717) is 32.7 Å². The van der Waals surface area contributed by atoms with E-state index in [1.54, 1.807) is 0 Å². The minimum absolute atomic E-state index is 0.302. The Balaban J connectivity index is 2.45. The Morgan fingerprint density at radius 1 is 1.71 bits per heavy atom. The molecule has 4 nitrogen and oxygen atoms in total. The number of nitrogens with zero attached hydrogens (tertiary/aromatic N) is 1. The summed E-state index contributed by atoms with van der Waals surface area (Å²) in [4.78, 5) is 13.2. The largest absolute Gasteiger partial charge is 0.468 e. The number of halogens is 1. The molecule has 0 radical (unpaired) electrons. The van der Waals surface area contributed by atoms with Gasteiger partial charge in [0.05, 0.1) is 27.0 Å². The SMILES string of the molecule is COC(=O)C1COCCN1CCCF. The molecule has 1 heterocycles. The van der Waals surface area contributed by atoms with Gasteiger partial charge < -0.3 is 9.47 Å². The Bertz CT molecular complexity index is 189. The van der Waals surface area contributed by atoms with Gasteiger partial charge in [0, 0.05) is 13.1 Å². The van der Waals surface area contributed by atoms with Crippen molar-refractivity contribution in [2.75, 3.05) is 40.1 Å². The molecule has 82 valence electrons. The molecular formula is C9H16FNO3. The van der Waals surface area contributed by atoms with Crippen LogP contribution in [0.2, 0.25) is 0 Å². The Morgan fingerprint density at radius 2 is 2.50 bits per heavy atom. The summed E-state index contributed by atoms with van der Waals surface area (Å²) in [5.41, 5.74) is 0. The standard InChI is InChI=1S/C9H16FNO3/c1-13-9(12)8-7-14-6-5-11(8)4-2-3-10/h8H,2-7H2,1H3. The van der Waals surface area contributed by atoms with Crippen molar-refractivity contribution in [3.05, 3.63) is 0 Å². The van der Waals surface area contributed by atoms with E-state index in [1.165, 1.54) is 7.11 Å². The molecule has 0 N–H and O–H groups in total. The Hall–Kier alpha value is -0.680. The molecule has 1 atom stereocenters. The smallest absolute Gasteiger partial charge is 0.325 e. The van der Waals surface area contributed by atoms with E-state index in [-0.39, 0.29) is 18.7 Å². The zero-order valence-electron chi connectivity index (χ0n) is 8.37. The zero-order chi connectivity index (χ0) is 10.4. The molecular weight excluding hydrogens is 189 g/mol. The van der Waals surface area contributed by atoms with Crippen molar-refractivity contribution in [3.8, 4) is 0 Å². The second-order valence-corrected chi connectivity index (χ2v) is 3.19. The van der Waals surface area contributed by atoms with Crippen LogP contribution in [0.4, 0.5) is 4.39 Å². The fraction of sp³-hybridized carbons (Fsp3) is 0.889. The van der Waals surface area contributed by atoms with Crippen LogP contribution in [0.5, 0.6) is 0 Å². The quantitative estimate of drug-likeness (QED) is 0.615. The third kappa shape index (κ3) is 2.92. The number of morpholine rings is 1. The van der Waals surface area contributed by atoms with Gasteiger partial charge in [-0.1, -0.05) is 0 Å². The zero-order valence-corrected chi connectivity index (χ0v) is 8.37. The monoisotopic (exact) mass is 205 g/mol. The molecule has 5 heteroatoms. The number of esters is 1. The first kappa shape index (κ1) is 11.4. The average Bonchev–Trinajstić information content (AvgIpc) is 2.25. The van der Waals surface area contributed by atoms with Crippen molar-refractivity contribution in [2.24, 2.45) is 0 Å². The maximum absolute atomic E-state index is 12.0. The van der Waals surface area contributed by atoms with Crippen LogP contribution in [-0.4, -0.2) is 57.0 Å². The predicted octanol–water partition coefficient (Wildman–Crippen LogP) is 0.220. The summed E-state index contributed by atoms with van der Waals surface area (Å²) >= 11 is 0. The van der Waals surface area contributed by atoms with Gasteiger partial charge in [-0.05, 0) is 6.42 Å². The van der Waals surface area contributed by atoms with E-state index in [9.17, 15) is 9.18 Å². The van der Waals surface area contributed by atoms with E-state index in [2.05, 4.69) is 4.74 Å². The van der Waals surface area contributed by atoms with Crippen LogP contribution in [0.3, 0.4) is 0 Å². The molecule has 1 aliphatic heterocycles. The van der Waals surface area contributed by atoms with Crippen molar-refractivity contribution in [1.29, 1.82) is 0 Å². The number of carbonyl (C=O) groups is 1. The molecule has 1 fully saturated rings. The fourth-order valence-electron chi connectivity index (χ4n) is 1.52. The molecule has 1 rings (SSSR count). The average molecular weight is 205 g/mol. The highest BCUT2D eigenvalue weighted by Crippen LogP contribution is 2.09. The highest BCUT2D eigenvalue weighted by atomic mass is 19.1. The van der Waals surface area contributed by atoms with Crippen molar-refractivity contribution in [1.82, 2.24) is 4.90 Å². The number of carbonyl (C=O) groups excluding carboxylic acids is 1. The van der Waals surface area contributed by atoms with Crippen LogP contribution in [0.15, 0.2) is 0 Å². The Kier molecular flexibility index (Phi) is 4.82. The van der Waals surface area contributed by atoms with Gasteiger partial charge in [-0.2, -0.15) is 0 Å². The first-order valence-corrected chi connectivity index (χ1v) is 4.75. The molecule has 0 bridgehead atoms. The van der Waals surface area contributed by atoms with E-state index in [0.717, 1.165) is 0 Å². The van der Waals surface area contributed by atoms with Gasteiger partial charge in [0.1, 0.15) is 6.04 Å². The molecule has 0 saturated carbocycles. The van der Waals surface area contributed by atoms with Gasteiger partial charge in [-0.25, -0.2) is 0 Å². The fourth-order valence-corrected chi connectivity index (χ4v) is 1.52. The van der Waals surface area contributed by atoms with Gasteiger partial charge in [-0.3, -0.25) is 14.1 Å². The minimum Gasteiger partial charge on any atom is -0.468 e. The van der Waals surface area contributed by atoms with Crippen molar-refractivity contribution >= 4 is 5.97 Å². The lowest BCUT2D eigenvalue weighted by Gasteiger charge is -2.33. The number of hydrogen-bond donors (Lipinski definition) is 0. The first-order chi connectivity index (χ1) is 6.79. The number of ether oxygens (including phenoxy) is 2. The molecule has 1 unspecified atom stereocenters. The highest BCUT2D eigenvalue weighted by molar-refractivity contribution is 5.75. The van der Waals surface area contributed by atoms with E-state index in [4.69, 9.17) is 4.74 Å².